The number of allylic oxidation sites excluding steroid dienone is 4. The molecule has 0 atom stereocenters. The second-order valence-corrected chi connectivity index (χ2v) is 13.6. The first-order chi connectivity index (χ1) is 22.0. The van der Waals surface area contributed by atoms with E-state index in [1.54, 1.807) is 0 Å². The predicted octanol–water partition coefficient (Wildman–Crippen LogP) is 13.1. The molecule has 1 aliphatic carbocycles. The topological polar surface area (TPSA) is 3.24 Å². The van der Waals surface area contributed by atoms with Crippen LogP contribution in [0.2, 0.25) is 0 Å². The Kier molecular flexibility index (Phi) is 8.38. The number of benzene rings is 5. The van der Waals surface area contributed by atoms with E-state index in [0.29, 0.717) is 0 Å². The molecule has 0 aliphatic heterocycles. The van der Waals surface area contributed by atoms with Gasteiger partial charge in [-0.15, -0.1) is 0 Å². The van der Waals surface area contributed by atoms with Gasteiger partial charge in [-0.25, -0.2) is 0 Å². The van der Waals surface area contributed by atoms with E-state index in [9.17, 15) is 0 Å². The quantitative estimate of drug-likeness (QED) is 0.179. The molecule has 0 heterocycles. The lowest BCUT2D eigenvalue weighted by Gasteiger charge is -2.29. The fourth-order valence-corrected chi connectivity index (χ4v) is 7.48. The van der Waals surface area contributed by atoms with Crippen molar-refractivity contribution in [2.45, 2.75) is 74.1 Å². The minimum Gasteiger partial charge on any atom is -0.310 e. The van der Waals surface area contributed by atoms with Crippen molar-refractivity contribution in [1.82, 2.24) is 0 Å². The highest BCUT2D eigenvalue weighted by Crippen LogP contribution is 2.50. The molecule has 5 aromatic carbocycles. The molecule has 0 saturated heterocycles. The summed E-state index contributed by atoms with van der Waals surface area (Å²) in [6, 6.07) is 36.6. The molecule has 1 nitrogen and oxygen atoms in total. The Morgan fingerprint density at radius 1 is 0.565 bits per heavy atom. The third kappa shape index (κ3) is 5.53. The maximum absolute atomic E-state index is 2.43. The summed E-state index contributed by atoms with van der Waals surface area (Å²) in [5, 5.41) is 0. The molecule has 6 rings (SSSR count). The van der Waals surface area contributed by atoms with Gasteiger partial charge in [0.1, 0.15) is 0 Å². The minimum absolute atomic E-state index is 0.0531. The molecule has 0 radical (unpaired) electrons. The van der Waals surface area contributed by atoms with E-state index in [-0.39, 0.29) is 5.41 Å². The van der Waals surface area contributed by atoms with Gasteiger partial charge in [0.15, 0.2) is 0 Å². The van der Waals surface area contributed by atoms with Crippen molar-refractivity contribution in [2.75, 3.05) is 4.90 Å². The molecule has 0 bridgehead atoms. The van der Waals surface area contributed by atoms with Crippen LogP contribution in [0.15, 0.2) is 115 Å². The molecule has 5 aromatic rings. The second-order valence-electron chi connectivity index (χ2n) is 13.6. The predicted molar refractivity (Wildman–Crippen MR) is 201 cm³/mol. The molecule has 232 valence electrons. The first-order valence-corrected chi connectivity index (χ1v) is 16.7. The van der Waals surface area contributed by atoms with Crippen molar-refractivity contribution >= 4 is 22.6 Å². The lowest BCUT2D eigenvalue weighted by atomic mass is 9.80. The zero-order valence-corrected chi connectivity index (χ0v) is 29.0. The lowest BCUT2D eigenvalue weighted by Crippen LogP contribution is -2.17. The van der Waals surface area contributed by atoms with E-state index in [1.807, 2.05) is 0 Å². The van der Waals surface area contributed by atoms with Crippen LogP contribution in [0.3, 0.4) is 0 Å². The van der Waals surface area contributed by atoms with Crippen LogP contribution in [0.1, 0.15) is 73.1 Å². The molecule has 46 heavy (non-hydrogen) atoms. The van der Waals surface area contributed by atoms with Crippen LogP contribution in [0.5, 0.6) is 0 Å². The highest BCUT2D eigenvalue weighted by Gasteiger charge is 2.36. The van der Waals surface area contributed by atoms with Gasteiger partial charge in [-0.3, -0.25) is 0 Å². The Morgan fingerprint density at radius 3 is 1.76 bits per heavy atom. The average Bonchev–Trinajstić information content (AvgIpc) is 3.24. The fraction of sp³-hybridized carbons (Fsp3) is 0.244. The normalized spacial score (nSPS) is 13.8. The number of fused-ring (bicyclic) bond motifs is 1. The summed E-state index contributed by atoms with van der Waals surface area (Å²) >= 11 is 0. The van der Waals surface area contributed by atoms with Gasteiger partial charge in [-0.05, 0) is 152 Å². The molecule has 0 amide bonds. The van der Waals surface area contributed by atoms with Crippen molar-refractivity contribution in [3.8, 4) is 22.3 Å². The highest BCUT2D eigenvalue weighted by atomic mass is 15.1. The molecular formula is C45H47N. The monoisotopic (exact) mass is 601 g/mol. The van der Waals surface area contributed by atoms with Gasteiger partial charge in [0.05, 0.1) is 0 Å². The molecular weight excluding hydrogens is 555 g/mol. The highest BCUT2D eigenvalue weighted by molar-refractivity contribution is 5.87. The summed E-state index contributed by atoms with van der Waals surface area (Å²) in [7, 11) is 0. The molecule has 0 aromatic heterocycles. The van der Waals surface area contributed by atoms with Crippen LogP contribution in [-0.2, 0) is 5.41 Å². The maximum atomic E-state index is 2.43. The third-order valence-electron chi connectivity index (χ3n) is 9.92. The van der Waals surface area contributed by atoms with E-state index in [1.165, 1.54) is 78.0 Å². The largest absolute Gasteiger partial charge is 0.310 e. The SMILES string of the molecule is C/C=C\C1=C(CC)c2ccc(N(c3ccc(C)cc3)c3ccc(-c4cc(-c5ccc(C)cc5C)c(C)cc4C)cc3)cc2C1(C)C. The molecule has 0 unspecified atom stereocenters. The first kappa shape index (κ1) is 31.4. The zero-order valence-electron chi connectivity index (χ0n) is 29.0. The number of hydrogen-bond acceptors (Lipinski definition) is 1. The van der Waals surface area contributed by atoms with Crippen LogP contribution in [0, 0.1) is 34.6 Å². The van der Waals surface area contributed by atoms with E-state index in [4.69, 9.17) is 0 Å². The molecule has 0 fully saturated rings. The summed E-state index contributed by atoms with van der Waals surface area (Å²) in [5.74, 6) is 0. The first-order valence-electron chi connectivity index (χ1n) is 16.7. The van der Waals surface area contributed by atoms with Crippen LogP contribution < -0.4 is 4.90 Å². The zero-order chi connectivity index (χ0) is 32.7. The Bertz CT molecular complexity index is 1980. The molecule has 0 spiro atoms. The van der Waals surface area contributed by atoms with Crippen LogP contribution in [0.4, 0.5) is 17.1 Å². The molecule has 0 N–H and O–H groups in total. The van der Waals surface area contributed by atoms with Gasteiger partial charge in [-0.2, -0.15) is 0 Å². The number of rotatable bonds is 7. The van der Waals surface area contributed by atoms with E-state index < -0.39 is 0 Å². The fourth-order valence-electron chi connectivity index (χ4n) is 7.48. The van der Waals surface area contributed by atoms with Gasteiger partial charge in [0.2, 0.25) is 0 Å². The van der Waals surface area contributed by atoms with Crippen LogP contribution >= 0.6 is 0 Å². The summed E-state index contributed by atoms with van der Waals surface area (Å²) in [4.78, 5) is 2.40. The van der Waals surface area contributed by atoms with Gasteiger partial charge in [0, 0.05) is 22.5 Å². The van der Waals surface area contributed by atoms with Gasteiger partial charge >= 0.3 is 0 Å². The van der Waals surface area contributed by atoms with Crippen molar-refractivity contribution in [3.63, 3.8) is 0 Å². The summed E-state index contributed by atoms with van der Waals surface area (Å²) in [6.45, 7) is 20.1. The Morgan fingerprint density at radius 2 is 1.13 bits per heavy atom. The van der Waals surface area contributed by atoms with Gasteiger partial charge in [0.25, 0.3) is 0 Å². The summed E-state index contributed by atoms with van der Waals surface area (Å²) in [5.41, 5.74) is 20.8. The molecule has 1 heteroatoms. The Labute approximate surface area is 277 Å². The number of hydrogen-bond donors (Lipinski definition) is 0. The smallest absolute Gasteiger partial charge is 0.0465 e. The van der Waals surface area contributed by atoms with Gasteiger partial charge in [-0.1, -0.05) is 98.6 Å². The molecule has 0 saturated carbocycles. The van der Waals surface area contributed by atoms with Crippen molar-refractivity contribution in [1.29, 1.82) is 0 Å². The lowest BCUT2D eigenvalue weighted by molar-refractivity contribution is 0.653. The number of aryl methyl sites for hydroxylation is 5. The number of nitrogens with zero attached hydrogens (tertiary/aromatic N) is 1. The second kappa shape index (κ2) is 12.3. The van der Waals surface area contributed by atoms with Crippen molar-refractivity contribution in [2.24, 2.45) is 0 Å². The van der Waals surface area contributed by atoms with Crippen LogP contribution in [0.25, 0.3) is 27.8 Å². The van der Waals surface area contributed by atoms with E-state index in [0.717, 1.165) is 17.8 Å². The van der Waals surface area contributed by atoms with Crippen molar-refractivity contribution < 1.29 is 0 Å². The summed E-state index contributed by atoms with van der Waals surface area (Å²) in [6.07, 6.45) is 5.52. The Hall–Kier alpha value is -4.62. The van der Waals surface area contributed by atoms with E-state index in [2.05, 4.69) is 176 Å². The summed E-state index contributed by atoms with van der Waals surface area (Å²) < 4.78 is 0. The van der Waals surface area contributed by atoms with E-state index >= 15 is 0 Å². The van der Waals surface area contributed by atoms with Gasteiger partial charge < -0.3 is 4.90 Å². The standard InChI is InChI=1S/C45H47N/c1-10-12-43-38(11-2)40-24-22-37(27-44(40)45(43,8)9)46(35-18-13-29(3)14-19-35)36-20-16-34(17-21-36)41-28-42(33(7)26-32(41)6)39-23-15-30(4)25-31(39)5/h10,12-28H,11H2,1-9H3/b12-10-. The average molecular weight is 602 g/mol. The van der Waals surface area contributed by atoms with Crippen molar-refractivity contribution in [3.05, 3.63) is 154 Å². The minimum atomic E-state index is -0.0531. The molecule has 1 aliphatic rings. The Balaban J connectivity index is 1.44. The number of anilines is 3. The third-order valence-corrected chi connectivity index (χ3v) is 9.92. The van der Waals surface area contributed by atoms with Crippen LogP contribution in [-0.4, -0.2) is 0 Å². The maximum Gasteiger partial charge on any atom is 0.0465 e.